The molecule has 6 heteroatoms. The number of benzene rings is 2. The minimum Gasteiger partial charge on any atom is -0.450 e. The zero-order valence-electron chi connectivity index (χ0n) is 13.3. The third-order valence-electron chi connectivity index (χ3n) is 3.52. The highest BCUT2D eigenvalue weighted by Crippen LogP contribution is 2.23. The fraction of sp³-hybridized carbons (Fsp3) is 0.105. The van der Waals surface area contributed by atoms with Crippen LogP contribution in [0.4, 0.5) is 4.39 Å². The van der Waals surface area contributed by atoms with E-state index >= 15 is 0 Å². The summed E-state index contributed by atoms with van der Waals surface area (Å²) in [4.78, 5) is 28.7. The summed E-state index contributed by atoms with van der Waals surface area (Å²) in [5.74, 6) is -1.50. The molecule has 0 radical (unpaired) electrons. The number of carbonyl (C=O) groups is 2. The molecule has 0 saturated carbocycles. The fourth-order valence-electron chi connectivity index (χ4n) is 2.20. The van der Waals surface area contributed by atoms with E-state index in [4.69, 9.17) is 4.74 Å². The number of thiazole rings is 1. The summed E-state index contributed by atoms with van der Waals surface area (Å²) in [7, 11) is 0. The number of esters is 1. The van der Waals surface area contributed by atoms with Crippen LogP contribution in [0.3, 0.4) is 0 Å². The molecule has 0 fully saturated rings. The molecule has 3 rings (SSSR count). The van der Waals surface area contributed by atoms with Crippen molar-refractivity contribution in [2.75, 3.05) is 0 Å². The first-order valence-electron chi connectivity index (χ1n) is 7.56. The summed E-state index contributed by atoms with van der Waals surface area (Å²) in [6.07, 6.45) is -0.986. The molecule has 0 amide bonds. The van der Waals surface area contributed by atoms with Gasteiger partial charge in [0.15, 0.2) is 11.8 Å². The Hall–Kier alpha value is -2.86. The number of aromatic nitrogens is 1. The first-order valence-corrected chi connectivity index (χ1v) is 8.44. The van der Waals surface area contributed by atoms with Crippen LogP contribution in [-0.4, -0.2) is 22.8 Å². The molecular formula is C19H14FNO3S. The van der Waals surface area contributed by atoms with Gasteiger partial charge in [0.1, 0.15) is 10.8 Å². The van der Waals surface area contributed by atoms with Gasteiger partial charge in [-0.15, -0.1) is 11.3 Å². The number of ether oxygens (including phenoxy) is 1. The fourth-order valence-corrected chi connectivity index (χ4v) is 3.00. The zero-order valence-corrected chi connectivity index (χ0v) is 14.1. The van der Waals surface area contributed by atoms with Crippen molar-refractivity contribution in [3.63, 3.8) is 0 Å². The summed E-state index contributed by atoms with van der Waals surface area (Å²) >= 11 is 1.33. The van der Waals surface area contributed by atoms with Crippen molar-refractivity contribution in [2.24, 2.45) is 0 Å². The summed E-state index contributed by atoms with van der Waals surface area (Å²) in [5, 5.41) is 2.30. The number of ketones is 1. The van der Waals surface area contributed by atoms with Gasteiger partial charge in [0, 0.05) is 16.5 Å². The third kappa shape index (κ3) is 3.97. The quantitative estimate of drug-likeness (QED) is 0.503. The minimum atomic E-state index is -0.986. The summed E-state index contributed by atoms with van der Waals surface area (Å²) in [5.41, 5.74) is 1.34. The van der Waals surface area contributed by atoms with E-state index in [1.165, 1.54) is 42.5 Å². The number of rotatable bonds is 5. The average molecular weight is 355 g/mol. The summed E-state index contributed by atoms with van der Waals surface area (Å²) in [6, 6.07) is 14.6. The molecule has 126 valence electrons. The topological polar surface area (TPSA) is 56.3 Å². The van der Waals surface area contributed by atoms with Crippen molar-refractivity contribution in [2.45, 2.75) is 13.0 Å². The van der Waals surface area contributed by atoms with E-state index in [2.05, 4.69) is 4.98 Å². The van der Waals surface area contributed by atoms with E-state index in [-0.39, 0.29) is 11.3 Å². The van der Waals surface area contributed by atoms with E-state index in [1.54, 1.807) is 5.38 Å². The van der Waals surface area contributed by atoms with Gasteiger partial charge in [0.2, 0.25) is 5.78 Å². The van der Waals surface area contributed by atoms with Gasteiger partial charge in [-0.1, -0.05) is 30.3 Å². The van der Waals surface area contributed by atoms with Crippen LogP contribution in [-0.2, 0) is 4.74 Å². The highest BCUT2D eigenvalue weighted by molar-refractivity contribution is 7.13. The van der Waals surface area contributed by atoms with Crippen LogP contribution in [0.1, 0.15) is 27.8 Å². The van der Waals surface area contributed by atoms with Gasteiger partial charge in [-0.3, -0.25) is 4.79 Å². The summed E-state index contributed by atoms with van der Waals surface area (Å²) < 4.78 is 18.1. The van der Waals surface area contributed by atoms with Crippen molar-refractivity contribution in [3.05, 3.63) is 77.1 Å². The Kier molecular flexibility index (Phi) is 5.00. The number of carbonyl (C=O) groups excluding carboxylic acids is 2. The number of hydrogen-bond donors (Lipinski definition) is 0. The Morgan fingerprint density at radius 2 is 1.76 bits per heavy atom. The maximum Gasteiger partial charge on any atom is 0.358 e. The molecule has 0 unspecified atom stereocenters. The molecule has 3 aromatic rings. The molecular weight excluding hydrogens is 341 g/mol. The second kappa shape index (κ2) is 7.36. The normalized spacial score (nSPS) is 11.8. The zero-order chi connectivity index (χ0) is 17.8. The first kappa shape index (κ1) is 17.0. The van der Waals surface area contributed by atoms with Crippen LogP contribution in [0.25, 0.3) is 10.6 Å². The van der Waals surface area contributed by atoms with Crippen molar-refractivity contribution in [3.8, 4) is 10.6 Å². The number of halogens is 1. The van der Waals surface area contributed by atoms with Gasteiger partial charge in [-0.25, -0.2) is 14.2 Å². The van der Waals surface area contributed by atoms with E-state index in [0.717, 1.165) is 5.56 Å². The Balaban J connectivity index is 1.68. The Morgan fingerprint density at radius 1 is 1.08 bits per heavy atom. The molecule has 1 heterocycles. The predicted molar refractivity (Wildman–Crippen MR) is 93.2 cm³/mol. The highest BCUT2D eigenvalue weighted by Gasteiger charge is 2.22. The van der Waals surface area contributed by atoms with Crippen LogP contribution in [0.15, 0.2) is 60.0 Å². The number of hydrogen-bond acceptors (Lipinski definition) is 5. The molecule has 25 heavy (non-hydrogen) atoms. The molecule has 0 saturated heterocycles. The lowest BCUT2D eigenvalue weighted by molar-refractivity contribution is 0.0314. The van der Waals surface area contributed by atoms with Crippen LogP contribution in [0, 0.1) is 5.82 Å². The van der Waals surface area contributed by atoms with Gasteiger partial charge < -0.3 is 4.74 Å². The smallest absolute Gasteiger partial charge is 0.358 e. The summed E-state index contributed by atoms with van der Waals surface area (Å²) in [6.45, 7) is 1.48. The first-order chi connectivity index (χ1) is 12.0. The van der Waals surface area contributed by atoms with E-state index < -0.39 is 23.7 Å². The lowest BCUT2D eigenvalue weighted by atomic mass is 10.1. The van der Waals surface area contributed by atoms with Crippen LogP contribution in [0.2, 0.25) is 0 Å². The molecule has 0 aliphatic heterocycles. The van der Waals surface area contributed by atoms with Crippen molar-refractivity contribution in [1.82, 2.24) is 4.98 Å². The molecule has 0 bridgehead atoms. The maximum absolute atomic E-state index is 12.9. The molecule has 0 N–H and O–H groups in total. The predicted octanol–water partition coefficient (Wildman–Crippen LogP) is 4.38. The van der Waals surface area contributed by atoms with Crippen molar-refractivity contribution in [1.29, 1.82) is 0 Å². The Bertz CT molecular complexity index is 891. The number of Topliss-reactive ketones (excluding diaryl/α,β-unsaturated/α-hetero) is 1. The molecule has 0 spiro atoms. The van der Waals surface area contributed by atoms with Crippen LogP contribution in [0.5, 0.6) is 0 Å². The Morgan fingerprint density at radius 3 is 2.44 bits per heavy atom. The average Bonchev–Trinajstić information content (AvgIpc) is 3.13. The van der Waals surface area contributed by atoms with Gasteiger partial charge in [-0.2, -0.15) is 0 Å². The van der Waals surface area contributed by atoms with E-state index in [1.807, 2.05) is 30.3 Å². The van der Waals surface area contributed by atoms with Crippen molar-refractivity contribution < 1.29 is 18.7 Å². The van der Waals surface area contributed by atoms with Gasteiger partial charge in [0.25, 0.3) is 0 Å². The van der Waals surface area contributed by atoms with Crippen LogP contribution >= 0.6 is 11.3 Å². The van der Waals surface area contributed by atoms with Gasteiger partial charge in [0.05, 0.1) is 0 Å². The third-order valence-corrected chi connectivity index (χ3v) is 4.41. The monoisotopic (exact) mass is 355 g/mol. The second-order valence-electron chi connectivity index (χ2n) is 5.32. The Labute approximate surface area is 147 Å². The van der Waals surface area contributed by atoms with E-state index in [9.17, 15) is 14.0 Å². The lowest BCUT2D eigenvalue weighted by Gasteiger charge is -2.11. The molecule has 1 aromatic heterocycles. The molecule has 0 aliphatic carbocycles. The highest BCUT2D eigenvalue weighted by atomic mass is 32.1. The SMILES string of the molecule is C[C@@H](OC(=O)c1csc(-c2ccccc2)n1)C(=O)c1ccc(F)cc1. The molecule has 4 nitrogen and oxygen atoms in total. The molecule has 2 aromatic carbocycles. The maximum atomic E-state index is 12.9. The number of nitrogens with zero attached hydrogens (tertiary/aromatic N) is 1. The second-order valence-corrected chi connectivity index (χ2v) is 6.18. The van der Waals surface area contributed by atoms with Crippen LogP contribution < -0.4 is 0 Å². The standard InChI is InChI=1S/C19H14FNO3S/c1-12(17(22)13-7-9-15(20)10-8-13)24-19(23)16-11-25-18(21-16)14-5-3-2-4-6-14/h2-12H,1H3/t12-/m1/s1. The molecule has 0 aliphatic rings. The lowest BCUT2D eigenvalue weighted by Crippen LogP contribution is -2.24. The largest absolute Gasteiger partial charge is 0.450 e. The van der Waals surface area contributed by atoms with Gasteiger partial charge in [-0.05, 0) is 31.2 Å². The van der Waals surface area contributed by atoms with E-state index in [0.29, 0.717) is 5.01 Å². The van der Waals surface area contributed by atoms with Gasteiger partial charge >= 0.3 is 5.97 Å². The molecule has 1 atom stereocenters. The van der Waals surface area contributed by atoms with Crippen molar-refractivity contribution >= 4 is 23.1 Å². The minimum absolute atomic E-state index is 0.155.